The van der Waals surface area contributed by atoms with Gasteiger partial charge >= 0.3 is 0 Å². The van der Waals surface area contributed by atoms with Crippen LogP contribution in [0.15, 0.2) is 72.8 Å². The maximum absolute atomic E-state index is 12.2. The molecule has 0 aliphatic rings. The summed E-state index contributed by atoms with van der Waals surface area (Å²) in [6.07, 6.45) is 0.281. The Bertz CT molecular complexity index is 904. The molecule has 1 unspecified atom stereocenters. The van der Waals surface area contributed by atoms with Crippen LogP contribution in [0.2, 0.25) is 0 Å². The highest BCUT2D eigenvalue weighted by Gasteiger charge is 2.19. The zero-order valence-electron chi connectivity index (χ0n) is 14.1. The van der Waals surface area contributed by atoms with Crippen LogP contribution in [0.3, 0.4) is 0 Å². The summed E-state index contributed by atoms with van der Waals surface area (Å²) in [5, 5.41) is 4.52. The van der Waals surface area contributed by atoms with Gasteiger partial charge in [0.15, 0.2) is 6.61 Å². The second kappa shape index (κ2) is 8.16. The molecule has 0 fully saturated rings. The number of fused-ring (bicyclic) bond motifs is 1. The van der Waals surface area contributed by atoms with E-state index in [0.717, 1.165) is 16.3 Å². The monoisotopic (exact) mass is 347 g/mol. The molecule has 3 aromatic rings. The van der Waals surface area contributed by atoms with Crippen molar-refractivity contribution in [2.24, 2.45) is 0 Å². The van der Waals surface area contributed by atoms with Gasteiger partial charge in [0.2, 0.25) is 0 Å². The van der Waals surface area contributed by atoms with E-state index in [4.69, 9.17) is 10.5 Å². The molecular formula is C21H19N2O3. The minimum absolute atomic E-state index is 0.216. The summed E-state index contributed by atoms with van der Waals surface area (Å²) in [5.74, 6) is -0.651. The predicted octanol–water partition coefficient (Wildman–Crippen LogP) is 2.76. The highest BCUT2D eigenvalue weighted by atomic mass is 16.5. The van der Waals surface area contributed by atoms with Crippen molar-refractivity contribution in [1.82, 2.24) is 11.1 Å². The molecule has 1 radical (unpaired) electrons. The number of nitrogens with one attached hydrogen (secondary N) is 2. The Morgan fingerprint density at radius 1 is 0.923 bits per heavy atom. The van der Waals surface area contributed by atoms with E-state index >= 15 is 0 Å². The minimum Gasteiger partial charge on any atom is -0.483 e. The molecule has 131 valence electrons. The van der Waals surface area contributed by atoms with E-state index in [9.17, 15) is 9.59 Å². The molecule has 1 atom stereocenters. The van der Waals surface area contributed by atoms with Crippen molar-refractivity contribution in [2.45, 2.75) is 12.5 Å². The molecule has 0 aromatic heterocycles. The molecule has 0 saturated carbocycles. The van der Waals surface area contributed by atoms with Gasteiger partial charge in [0, 0.05) is 11.8 Å². The van der Waals surface area contributed by atoms with Crippen molar-refractivity contribution in [1.29, 1.82) is 0 Å². The van der Waals surface area contributed by atoms with E-state index in [-0.39, 0.29) is 13.0 Å². The Morgan fingerprint density at radius 2 is 1.62 bits per heavy atom. The maximum atomic E-state index is 12.2. The first-order chi connectivity index (χ1) is 12.6. The number of amides is 2. The van der Waals surface area contributed by atoms with Gasteiger partial charge < -0.3 is 10.1 Å². The summed E-state index contributed by atoms with van der Waals surface area (Å²) in [5.41, 5.74) is 8.27. The average molecular weight is 347 g/mol. The Hall–Kier alpha value is -3.34. The quantitative estimate of drug-likeness (QED) is 0.714. The fourth-order valence-corrected chi connectivity index (χ4v) is 2.76. The first-order valence-electron chi connectivity index (χ1n) is 8.33. The molecule has 0 saturated heterocycles. The summed E-state index contributed by atoms with van der Waals surface area (Å²) < 4.78 is 5.63. The van der Waals surface area contributed by atoms with Crippen LogP contribution in [0, 0.1) is 0 Å². The summed E-state index contributed by atoms with van der Waals surface area (Å²) >= 11 is 0. The zero-order chi connectivity index (χ0) is 18.4. The molecule has 3 aromatic carbocycles. The van der Waals surface area contributed by atoms with Gasteiger partial charge in [0.1, 0.15) is 11.8 Å². The van der Waals surface area contributed by atoms with E-state index in [1.54, 1.807) is 6.07 Å². The lowest BCUT2D eigenvalue weighted by Crippen LogP contribution is -2.44. The van der Waals surface area contributed by atoms with Gasteiger partial charge in [0.25, 0.3) is 11.8 Å². The lowest BCUT2D eigenvalue weighted by Gasteiger charge is -2.16. The van der Waals surface area contributed by atoms with Crippen LogP contribution < -0.4 is 15.8 Å². The minimum atomic E-state index is -0.888. The zero-order valence-corrected chi connectivity index (χ0v) is 14.1. The van der Waals surface area contributed by atoms with Crippen molar-refractivity contribution in [3.63, 3.8) is 0 Å². The Labute approximate surface area is 151 Å². The van der Waals surface area contributed by atoms with E-state index in [2.05, 4.69) is 5.32 Å². The van der Waals surface area contributed by atoms with E-state index in [1.165, 1.54) is 0 Å². The van der Waals surface area contributed by atoms with Gasteiger partial charge in [-0.25, -0.2) is 0 Å². The van der Waals surface area contributed by atoms with E-state index < -0.39 is 17.9 Å². The molecule has 0 heterocycles. The van der Waals surface area contributed by atoms with Crippen LogP contribution in [0.5, 0.6) is 5.75 Å². The molecule has 5 nitrogen and oxygen atoms in total. The molecule has 2 N–H and O–H groups in total. The van der Waals surface area contributed by atoms with Crippen LogP contribution in [0.25, 0.3) is 10.8 Å². The maximum Gasteiger partial charge on any atom is 0.261 e. The Kier molecular flexibility index (Phi) is 5.49. The fraction of sp³-hybridized carbons (Fsp3) is 0.143. The highest BCUT2D eigenvalue weighted by Crippen LogP contribution is 2.24. The van der Waals surface area contributed by atoms with Crippen molar-refractivity contribution in [3.05, 3.63) is 78.4 Å². The van der Waals surface area contributed by atoms with Crippen molar-refractivity contribution in [3.8, 4) is 5.75 Å². The smallest absolute Gasteiger partial charge is 0.261 e. The number of carbonyl (C=O) groups is 2. The summed E-state index contributed by atoms with van der Waals surface area (Å²) in [7, 11) is 0. The average Bonchev–Trinajstić information content (AvgIpc) is 2.66. The van der Waals surface area contributed by atoms with Gasteiger partial charge in [0.05, 0.1) is 0 Å². The highest BCUT2D eigenvalue weighted by molar-refractivity contribution is 5.89. The largest absolute Gasteiger partial charge is 0.483 e. The summed E-state index contributed by atoms with van der Waals surface area (Å²) in [6.45, 7) is -0.216. The Morgan fingerprint density at radius 3 is 2.38 bits per heavy atom. The third-order valence-electron chi connectivity index (χ3n) is 4.04. The number of hydrogen-bond donors (Lipinski definition) is 1. The van der Waals surface area contributed by atoms with Crippen molar-refractivity contribution in [2.75, 3.05) is 6.61 Å². The van der Waals surface area contributed by atoms with Crippen LogP contribution in [0.4, 0.5) is 0 Å². The van der Waals surface area contributed by atoms with Crippen LogP contribution in [-0.2, 0) is 16.0 Å². The molecule has 26 heavy (non-hydrogen) atoms. The van der Waals surface area contributed by atoms with Crippen LogP contribution >= 0.6 is 0 Å². The third-order valence-corrected chi connectivity index (χ3v) is 4.04. The van der Waals surface area contributed by atoms with Crippen molar-refractivity contribution >= 4 is 22.6 Å². The van der Waals surface area contributed by atoms with Crippen LogP contribution in [-0.4, -0.2) is 24.5 Å². The molecule has 0 bridgehead atoms. The predicted molar refractivity (Wildman–Crippen MR) is 99.6 cm³/mol. The summed E-state index contributed by atoms with van der Waals surface area (Å²) in [4.78, 5) is 23.7. The third kappa shape index (κ3) is 4.39. The molecule has 2 amide bonds. The normalized spacial score (nSPS) is 11.7. The van der Waals surface area contributed by atoms with Gasteiger partial charge in [-0.2, -0.15) is 0 Å². The Balaban J connectivity index is 1.62. The van der Waals surface area contributed by atoms with Crippen LogP contribution in [0.1, 0.15) is 5.56 Å². The second-order valence-corrected chi connectivity index (χ2v) is 5.94. The van der Waals surface area contributed by atoms with E-state index in [1.807, 2.05) is 66.7 Å². The lowest BCUT2D eigenvalue weighted by molar-refractivity contribution is -0.128. The molecule has 3 rings (SSSR count). The number of carbonyl (C=O) groups excluding carboxylic acids is 2. The van der Waals surface area contributed by atoms with Gasteiger partial charge in [-0.05, 0) is 17.0 Å². The SMILES string of the molecule is [NH]C(=O)C(Cc1ccccc1)NC(=O)COc1cccc2ccccc12. The molecule has 0 spiro atoms. The molecule has 5 heteroatoms. The first kappa shape index (κ1) is 17.5. The number of benzene rings is 3. The number of hydrogen-bond acceptors (Lipinski definition) is 3. The number of ether oxygens (including phenoxy) is 1. The van der Waals surface area contributed by atoms with E-state index in [0.29, 0.717) is 5.75 Å². The fourth-order valence-electron chi connectivity index (χ4n) is 2.76. The molecular weight excluding hydrogens is 328 g/mol. The van der Waals surface area contributed by atoms with Crippen molar-refractivity contribution < 1.29 is 14.3 Å². The van der Waals surface area contributed by atoms with Gasteiger partial charge in [-0.3, -0.25) is 15.3 Å². The molecule has 0 aliphatic carbocycles. The first-order valence-corrected chi connectivity index (χ1v) is 8.33. The second-order valence-electron chi connectivity index (χ2n) is 5.94. The van der Waals surface area contributed by atoms with Gasteiger partial charge in [-0.15, -0.1) is 0 Å². The topological polar surface area (TPSA) is 79.2 Å². The lowest BCUT2D eigenvalue weighted by atomic mass is 10.1. The molecule has 0 aliphatic heterocycles. The summed E-state index contributed by atoms with van der Waals surface area (Å²) in [6, 6.07) is 21.8. The number of rotatable bonds is 7. The standard InChI is InChI=1S/C21H19N2O3/c22-21(25)18(13-15-7-2-1-3-8-15)23-20(24)14-26-19-12-6-10-16-9-4-5-11-17(16)19/h1-12,18,22H,13-14H2,(H,23,24). The van der Waals surface area contributed by atoms with Gasteiger partial charge in [-0.1, -0.05) is 66.7 Å².